The summed E-state index contributed by atoms with van der Waals surface area (Å²) in [5.41, 5.74) is 12.1. The normalized spacial score (nSPS) is 15.2. The second kappa shape index (κ2) is 10.9. The minimum Gasteiger partial charge on any atom is -0.456 e. The SMILES string of the molecule is CC(C)C1(C)c2cccc(-c3cccc(-c4nc(-c5ccccc5)nc(-c5ccccc5)n4)c3)c2-c2c1ccc1oc3ccccc3c21. The molecule has 2 heterocycles. The summed E-state index contributed by atoms with van der Waals surface area (Å²) in [5, 5.41) is 2.34. The van der Waals surface area contributed by atoms with E-state index in [-0.39, 0.29) is 5.41 Å². The van der Waals surface area contributed by atoms with Gasteiger partial charge in [-0.25, -0.2) is 15.0 Å². The fraction of sp³-hybridized carbons (Fsp3) is 0.114. The number of furan rings is 1. The van der Waals surface area contributed by atoms with Crippen molar-refractivity contribution in [3.8, 4) is 56.4 Å². The topological polar surface area (TPSA) is 51.8 Å². The van der Waals surface area contributed by atoms with Crippen LogP contribution in [0.15, 0.2) is 144 Å². The first-order valence-corrected chi connectivity index (χ1v) is 16.6. The molecule has 2 aromatic heterocycles. The number of hydrogen-bond donors (Lipinski definition) is 0. The number of fused-ring (bicyclic) bond motifs is 7. The smallest absolute Gasteiger partial charge is 0.164 e. The van der Waals surface area contributed by atoms with E-state index in [0.717, 1.165) is 38.8 Å². The summed E-state index contributed by atoms with van der Waals surface area (Å²) < 4.78 is 6.42. The molecule has 4 nitrogen and oxygen atoms in total. The van der Waals surface area contributed by atoms with Crippen molar-refractivity contribution in [1.82, 2.24) is 15.0 Å². The number of hydrogen-bond acceptors (Lipinski definition) is 4. The van der Waals surface area contributed by atoms with Crippen LogP contribution in [-0.4, -0.2) is 15.0 Å². The summed E-state index contributed by atoms with van der Waals surface area (Å²) in [7, 11) is 0. The Bertz CT molecular complexity index is 2440. The molecular formula is C44H33N3O. The lowest BCUT2D eigenvalue weighted by Crippen LogP contribution is -2.27. The van der Waals surface area contributed by atoms with Crippen LogP contribution in [0.3, 0.4) is 0 Å². The quantitative estimate of drug-likeness (QED) is 0.192. The Morgan fingerprint density at radius 2 is 1.06 bits per heavy atom. The molecule has 0 amide bonds. The van der Waals surface area contributed by atoms with Gasteiger partial charge in [0, 0.05) is 32.9 Å². The van der Waals surface area contributed by atoms with E-state index in [4.69, 9.17) is 19.4 Å². The lowest BCUT2D eigenvalue weighted by atomic mass is 9.71. The third-order valence-corrected chi connectivity index (χ3v) is 10.3. The molecular weight excluding hydrogens is 587 g/mol. The molecule has 0 radical (unpaired) electrons. The van der Waals surface area contributed by atoms with Crippen LogP contribution in [0, 0.1) is 5.92 Å². The number of para-hydroxylation sites is 1. The maximum Gasteiger partial charge on any atom is 0.164 e. The number of benzene rings is 6. The molecule has 4 heteroatoms. The third kappa shape index (κ3) is 4.26. The van der Waals surface area contributed by atoms with Gasteiger partial charge in [-0.05, 0) is 57.5 Å². The molecule has 0 saturated heterocycles. The molecule has 1 aliphatic rings. The summed E-state index contributed by atoms with van der Waals surface area (Å²) >= 11 is 0. The van der Waals surface area contributed by atoms with Gasteiger partial charge >= 0.3 is 0 Å². The number of rotatable bonds is 5. The summed E-state index contributed by atoms with van der Waals surface area (Å²) in [4.78, 5) is 14.9. The summed E-state index contributed by atoms with van der Waals surface area (Å²) in [6, 6.07) is 48.5. The lowest BCUT2D eigenvalue weighted by molar-refractivity contribution is 0.414. The van der Waals surface area contributed by atoms with Crippen LogP contribution in [0.4, 0.5) is 0 Å². The van der Waals surface area contributed by atoms with Crippen LogP contribution in [0.1, 0.15) is 31.9 Å². The van der Waals surface area contributed by atoms with Gasteiger partial charge in [-0.2, -0.15) is 0 Å². The molecule has 0 aliphatic heterocycles. The summed E-state index contributed by atoms with van der Waals surface area (Å²) in [6.45, 7) is 7.07. The highest BCUT2D eigenvalue weighted by molar-refractivity contribution is 6.16. The van der Waals surface area contributed by atoms with E-state index in [2.05, 4.69) is 93.6 Å². The van der Waals surface area contributed by atoms with E-state index in [1.165, 1.54) is 33.2 Å². The largest absolute Gasteiger partial charge is 0.456 e. The van der Waals surface area contributed by atoms with Gasteiger partial charge < -0.3 is 4.42 Å². The van der Waals surface area contributed by atoms with Crippen molar-refractivity contribution >= 4 is 21.9 Å². The van der Waals surface area contributed by atoms with Crippen LogP contribution < -0.4 is 0 Å². The zero-order valence-corrected chi connectivity index (χ0v) is 27.1. The van der Waals surface area contributed by atoms with Crippen LogP contribution in [-0.2, 0) is 5.41 Å². The van der Waals surface area contributed by atoms with Crippen molar-refractivity contribution in [3.63, 3.8) is 0 Å². The van der Waals surface area contributed by atoms with Crippen molar-refractivity contribution in [1.29, 1.82) is 0 Å². The molecule has 1 unspecified atom stereocenters. The maximum atomic E-state index is 6.42. The van der Waals surface area contributed by atoms with Crippen molar-refractivity contribution < 1.29 is 4.42 Å². The highest BCUT2D eigenvalue weighted by atomic mass is 16.3. The second-order valence-electron chi connectivity index (χ2n) is 13.2. The summed E-state index contributed by atoms with van der Waals surface area (Å²) in [6.07, 6.45) is 0. The van der Waals surface area contributed by atoms with Crippen molar-refractivity contribution in [3.05, 3.63) is 151 Å². The van der Waals surface area contributed by atoms with Gasteiger partial charge in [0.15, 0.2) is 17.5 Å². The fourth-order valence-electron chi connectivity index (χ4n) is 7.53. The Hall–Kier alpha value is -5.87. The van der Waals surface area contributed by atoms with Crippen LogP contribution in [0.5, 0.6) is 0 Å². The highest BCUT2D eigenvalue weighted by Crippen LogP contribution is 2.58. The first-order chi connectivity index (χ1) is 23.5. The summed E-state index contributed by atoms with van der Waals surface area (Å²) in [5.74, 6) is 2.34. The first-order valence-electron chi connectivity index (χ1n) is 16.6. The fourth-order valence-corrected chi connectivity index (χ4v) is 7.53. The van der Waals surface area contributed by atoms with Gasteiger partial charge in [-0.3, -0.25) is 0 Å². The zero-order valence-electron chi connectivity index (χ0n) is 27.1. The molecule has 1 aliphatic carbocycles. The van der Waals surface area contributed by atoms with Crippen LogP contribution in [0.25, 0.3) is 78.4 Å². The Kier molecular flexibility index (Phi) is 6.41. The molecule has 0 spiro atoms. The van der Waals surface area contributed by atoms with E-state index in [9.17, 15) is 0 Å². The molecule has 0 fully saturated rings. The van der Waals surface area contributed by atoms with Crippen LogP contribution in [0.2, 0.25) is 0 Å². The molecule has 9 rings (SSSR count). The van der Waals surface area contributed by atoms with Gasteiger partial charge in [0.1, 0.15) is 11.2 Å². The lowest BCUT2D eigenvalue weighted by Gasteiger charge is -2.32. The van der Waals surface area contributed by atoms with E-state index >= 15 is 0 Å². The predicted octanol–water partition coefficient (Wildman–Crippen LogP) is 11.4. The molecule has 1 atom stereocenters. The predicted molar refractivity (Wildman–Crippen MR) is 196 cm³/mol. The van der Waals surface area contributed by atoms with Gasteiger partial charge in [-0.1, -0.05) is 142 Å². The highest BCUT2D eigenvalue weighted by Gasteiger charge is 2.44. The molecule has 0 bridgehead atoms. The minimum atomic E-state index is -0.159. The number of nitrogens with zero attached hydrogens (tertiary/aromatic N) is 3. The Labute approximate surface area is 279 Å². The van der Waals surface area contributed by atoms with E-state index in [0.29, 0.717) is 23.4 Å². The standard InChI is InChI=1S/C44H33N3O/c1-27(2)44(3)34-22-13-21-32(38(34)40-35(44)24-25-37-39(40)33-20-10-11-23-36(33)48-37)30-18-12-19-31(26-30)43-46-41(28-14-6-4-7-15-28)45-42(47-43)29-16-8-5-9-17-29/h4-27H,1-3H3. The van der Waals surface area contributed by atoms with Gasteiger partial charge in [0.05, 0.1) is 0 Å². The second-order valence-corrected chi connectivity index (χ2v) is 13.2. The molecule has 48 heavy (non-hydrogen) atoms. The Morgan fingerprint density at radius 3 is 1.75 bits per heavy atom. The number of aromatic nitrogens is 3. The van der Waals surface area contributed by atoms with E-state index in [1.807, 2.05) is 66.7 Å². The monoisotopic (exact) mass is 619 g/mol. The average Bonchev–Trinajstić information content (AvgIpc) is 3.65. The Morgan fingerprint density at radius 1 is 0.500 bits per heavy atom. The molecule has 230 valence electrons. The van der Waals surface area contributed by atoms with E-state index < -0.39 is 0 Å². The van der Waals surface area contributed by atoms with Gasteiger partial charge in [-0.15, -0.1) is 0 Å². The van der Waals surface area contributed by atoms with Crippen molar-refractivity contribution in [2.45, 2.75) is 26.2 Å². The first kappa shape index (κ1) is 28.4. The molecule has 0 saturated carbocycles. The van der Waals surface area contributed by atoms with Crippen molar-refractivity contribution in [2.24, 2.45) is 5.92 Å². The average molecular weight is 620 g/mol. The van der Waals surface area contributed by atoms with Gasteiger partial charge in [0.25, 0.3) is 0 Å². The van der Waals surface area contributed by atoms with E-state index in [1.54, 1.807) is 0 Å². The molecule has 0 N–H and O–H groups in total. The molecule has 6 aromatic carbocycles. The third-order valence-electron chi connectivity index (χ3n) is 10.3. The Balaban J connectivity index is 1.27. The maximum absolute atomic E-state index is 6.42. The van der Waals surface area contributed by atoms with Gasteiger partial charge in [0.2, 0.25) is 0 Å². The minimum absolute atomic E-state index is 0.159. The van der Waals surface area contributed by atoms with Crippen LogP contribution >= 0.6 is 0 Å². The van der Waals surface area contributed by atoms with Crippen molar-refractivity contribution in [2.75, 3.05) is 0 Å². The molecule has 8 aromatic rings. The zero-order chi connectivity index (χ0) is 32.4.